The molecule has 0 fully saturated rings. The molecule has 8 aromatic rings. The van der Waals surface area contributed by atoms with Crippen LogP contribution < -0.4 is 0 Å². The van der Waals surface area contributed by atoms with Crippen molar-refractivity contribution in [2.24, 2.45) is 0 Å². The molecule has 0 bridgehead atoms. The smallest absolute Gasteiger partial charge is 0.115 e. The van der Waals surface area contributed by atoms with Gasteiger partial charge < -0.3 is 0 Å². The van der Waals surface area contributed by atoms with Crippen molar-refractivity contribution in [1.82, 2.24) is 19.9 Å². The van der Waals surface area contributed by atoms with Crippen LogP contribution in [0.15, 0.2) is 134 Å². The minimum atomic E-state index is 0.939. The van der Waals surface area contributed by atoms with Crippen LogP contribution >= 0.6 is 0 Å². The predicted molar refractivity (Wildman–Crippen MR) is 163 cm³/mol. The highest BCUT2D eigenvalue weighted by Gasteiger charge is 2.16. The van der Waals surface area contributed by atoms with E-state index in [4.69, 9.17) is 0 Å². The summed E-state index contributed by atoms with van der Waals surface area (Å²) in [4.78, 5) is 17.8. The average molecular weight is 511 g/mol. The maximum Gasteiger partial charge on any atom is 0.115 e. The lowest BCUT2D eigenvalue weighted by atomic mass is 9.87. The summed E-state index contributed by atoms with van der Waals surface area (Å²) in [5, 5.41) is 7.42. The molecule has 5 aromatic carbocycles. The van der Waals surface area contributed by atoms with E-state index >= 15 is 0 Å². The van der Waals surface area contributed by atoms with Crippen molar-refractivity contribution in [3.05, 3.63) is 134 Å². The first-order valence-corrected chi connectivity index (χ1v) is 13.3. The Morgan fingerprint density at radius 3 is 1.45 bits per heavy atom. The van der Waals surface area contributed by atoms with E-state index in [-0.39, 0.29) is 0 Å². The van der Waals surface area contributed by atoms with Crippen LogP contribution in [0.25, 0.3) is 77.1 Å². The van der Waals surface area contributed by atoms with Gasteiger partial charge in [0, 0.05) is 41.5 Å². The zero-order chi connectivity index (χ0) is 26.5. The highest BCUT2D eigenvalue weighted by atomic mass is 14.8. The van der Waals surface area contributed by atoms with Crippen LogP contribution in [0, 0.1) is 0 Å². The topological polar surface area (TPSA) is 51.6 Å². The van der Waals surface area contributed by atoms with E-state index in [0.717, 1.165) is 39.2 Å². The second-order valence-corrected chi connectivity index (χ2v) is 10.0. The summed E-state index contributed by atoms with van der Waals surface area (Å²) in [6, 6.07) is 36.6. The Morgan fingerprint density at radius 1 is 0.425 bits per heavy atom. The molecule has 186 valence electrons. The second kappa shape index (κ2) is 9.07. The van der Waals surface area contributed by atoms with E-state index in [9.17, 15) is 0 Å². The molecule has 3 aromatic heterocycles. The molecule has 0 radical (unpaired) electrons. The molecule has 0 saturated carbocycles. The summed E-state index contributed by atoms with van der Waals surface area (Å²) in [5.74, 6) is 0. The van der Waals surface area contributed by atoms with E-state index < -0.39 is 0 Å². The Morgan fingerprint density at radius 2 is 0.925 bits per heavy atom. The predicted octanol–water partition coefficient (Wildman–Crippen LogP) is 8.83. The van der Waals surface area contributed by atoms with E-state index in [1.54, 1.807) is 6.33 Å². The molecular weight excluding hydrogens is 488 g/mol. The van der Waals surface area contributed by atoms with Crippen molar-refractivity contribution in [2.75, 3.05) is 0 Å². The Balaban J connectivity index is 1.42. The molecule has 0 aliphatic carbocycles. The monoisotopic (exact) mass is 510 g/mol. The normalized spacial score (nSPS) is 11.5. The lowest BCUT2D eigenvalue weighted by Gasteiger charge is -2.17. The van der Waals surface area contributed by atoms with Crippen LogP contribution in [0.4, 0.5) is 0 Å². The molecule has 40 heavy (non-hydrogen) atoms. The standard InChI is InChI=1S/C36H22N4/c1-3-15-39-33(5-1)26-17-25(18-27(19-26)34-6-2-4-16-40-34)29-11-9-23-7-8-24-10-12-30(28-20-37-22-38-21-28)32-14-13-31(29)35(23)36(24)32/h1-22H. The van der Waals surface area contributed by atoms with Crippen molar-refractivity contribution < 1.29 is 0 Å². The molecule has 0 spiro atoms. The quantitative estimate of drug-likeness (QED) is 0.222. The molecule has 8 rings (SSSR count). The molecular formula is C36H22N4. The number of aromatic nitrogens is 4. The number of nitrogens with zero attached hydrogens (tertiary/aromatic N) is 4. The third-order valence-electron chi connectivity index (χ3n) is 7.70. The van der Waals surface area contributed by atoms with E-state index in [1.807, 2.05) is 49.1 Å². The molecule has 0 amide bonds. The molecule has 0 atom stereocenters. The first-order chi connectivity index (χ1) is 19.8. The molecule has 0 aliphatic heterocycles. The number of rotatable bonds is 4. The number of pyridine rings is 2. The van der Waals surface area contributed by atoms with Crippen molar-refractivity contribution in [2.45, 2.75) is 0 Å². The molecule has 0 aliphatic rings. The van der Waals surface area contributed by atoms with Gasteiger partial charge >= 0.3 is 0 Å². The first kappa shape index (κ1) is 22.5. The number of hydrogen-bond donors (Lipinski definition) is 0. The van der Waals surface area contributed by atoms with Gasteiger partial charge in [-0.05, 0) is 91.5 Å². The average Bonchev–Trinajstić information content (AvgIpc) is 3.04. The lowest BCUT2D eigenvalue weighted by molar-refractivity contribution is 1.17. The second-order valence-electron chi connectivity index (χ2n) is 10.0. The summed E-state index contributed by atoms with van der Waals surface area (Å²) in [5.41, 5.74) is 8.49. The zero-order valence-corrected chi connectivity index (χ0v) is 21.5. The van der Waals surface area contributed by atoms with Gasteiger partial charge in [0.15, 0.2) is 0 Å². The fraction of sp³-hybridized carbons (Fsp3) is 0. The van der Waals surface area contributed by atoms with Crippen molar-refractivity contribution in [1.29, 1.82) is 0 Å². The summed E-state index contributed by atoms with van der Waals surface area (Å²) in [6.07, 6.45) is 9.02. The third-order valence-corrected chi connectivity index (χ3v) is 7.70. The van der Waals surface area contributed by atoms with Gasteiger partial charge in [0.25, 0.3) is 0 Å². The van der Waals surface area contributed by atoms with Crippen LogP contribution in [0.3, 0.4) is 0 Å². The van der Waals surface area contributed by atoms with Gasteiger partial charge in [-0.1, -0.05) is 60.7 Å². The summed E-state index contributed by atoms with van der Waals surface area (Å²) >= 11 is 0. The van der Waals surface area contributed by atoms with Gasteiger partial charge in [-0.25, -0.2) is 9.97 Å². The number of benzene rings is 5. The van der Waals surface area contributed by atoms with E-state index in [0.29, 0.717) is 0 Å². The summed E-state index contributed by atoms with van der Waals surface area (Å²) in [6.45, 7) is 0. The Labute approximate surface area is 231 Å². The van der Waals surface area contributed by atoms with Gasteiger partial charge in [-0.15, -0.1) is 0 Å². The van der Waals surface area contributed by atoms with Crippen molar-refractivity contribution in [3.63, 3.8) is 0 Å². The van der Waals surface area contributed by atoms with Crippen LogP contribution in [-0.4, -0.2) is 19.9 Å². The molecule has 4 heteroatoms. The fourth-order valence-corrected chi connectivity index (χ4v) is 5.89. The van der Waals surface area contributed by atoms with Crippen molar-refractivity contribution in [3.8, 4) is 44.8 Å². The van der Waals surface area contributed by atoms with Crippen molar-refractivity contribution >= 4 is 32.3 Å². The fourth-order valence-electron chi connectivity index (χ4n) is 5.89. The Kier molecular flexibility index (Phi) is 5.10. The SMILES string of the molecule is c1ccc(-c2cc(-c3ccccn3)cc(-c3ccc4ccc5ccc(-c6cncnc6)c6ccc3c4c56)c2)nc1. The number of hydrogen-bond acceptors (Lipinski definition) is 4. The first-order valence-electron chi connectivity index (χ1n) is 13.3. The van der Waals surface area contributed by atoms with Gasteiger partial charge in [0.1, 0.15) is 6.33 Å². The maximum atomic E-state index is 4.66. The lowest BCUT2D eigenvalue weighted by Crippen LogP contribution is -1.92. The van der Waals surface area contributed by atoms with Gasteiger partial charge in [-0.3, -0.25) is 9.97 Å². The van der Waals surface area contributed by atoms with Crippen LogP contribution in [0.2, 0.25) is 0 Å². The van der Waals surface area contributed by atoms with Gasteiger partial charge in [0.2, 0.25) is 0 Å². The van der Waals surface area contributed by atoms with E-state index in [1.165, 1.54) is 37.9 Å². The molecule has 4 nitrogen and oxygen atoms in total. The Hall–Kier alpha value is -5.48. The highest BCUT2D eigenvalue weighted by molar-refractivity contribution is 6.27. The molecule has 0 unspecified atom stereocenters. The minimum absolute atomic E-state index is 0.939. The molecule has 0 saturated heterocycles. The van der Waals surface area contributed by atoms with Crippen LogP contribution in [-0.2, 0) is 0 Å². The van der Waals surface area contributed by atoms with Gasteiger partial charge in [-0.2, -0.15) is 0 Å². The zero-order valence-electron chi connectivity index (χ0n) is 21.5. The minimum Gasteiger partial charge on any atom is -0.256 e. The summed E-state index contributed by atoms with van der Waals surface area (Å²) < 4.78 is 0. The van der Waals surface area contributed by atoms with E-state index in [2.05, 4.69) is 98.8 Å². The third kappa shape index (κ3) is 3.62. The Bertz CT molecular complexity index is 2080. The molecule has 3 heterocycles. The van der Waals surface area contributed by atoms with Gasteiger partial charge in [0.05, 0.1) is 11.4 Å². The highest BCUT2D eigenvalue weighted by Crippen LogP contribution is 2.43. The molecule has 0 N–H and O–H groups in total. The summed E-state index contributed by atoms with van der Waals surface area (Å²) in [7, 11) is 0. The largest absolute Gasteiger partial charge is 0.256 e. The maximum absolute atomic E-state index is 4.66. The van der Waals surface area contributed by atoms with Crippen LogP contribution in [0.1, 0.15) is 0 Å². The van der Waals surface area contributed by atoms with Crippen LogP contribution in [0.5, 0.6) is 0 Å².